The molecule has 0 aliphatic carbocycles. The van der Waals surface area contributed by atoms with Crippen LogP contribution in [0, 0.1) is 0 Å². The minimum absolute atomic E-state index is 0.300. The van der Waals surface area contributed by atoms with Gasteiger partial charge in [-0.05, 0) is 60.7 Å². The van der Waals surface area contributed by atoms with Crippen molar-refractivity contribution in [1.29, 1.82) is 0 Å². The van der Waals surface area contributed by atoms with Crippen LogP contribution in [0.2, 0.25) is 0 Å². The molecule has 2 amide bonds. The van der Waals surface area contributed by atoms with E-state index in [-0.39, 0.29) is 0 Å². The summed E-state index contributed by atoms with van der Waals surface area (Å²) >= 11 is 0. The summed E-state index contributed by atoms with van der Waals surface area (Å²) in [7, 11) is -3.72. The van der Waals surface area contributed by atoms with Gasteiger partial charge >= 0.3 is 0 Å². The quantitative estimate of drug-likeness (QED) is 0.559. The van der Waals surface area contributed by atoms with Gasteiger partial charge in [-0.25, -0.2) is 8.42 Å². The molecule has 9 heteroatoms. The molecular formula is C22H21N3O5S. The van der Waals surface area contributed by atoms with Crippen LogP contribution in [0.1, 0.15) is 10.4 Å². The lowest BCUT2D eigenvalue weighted by atomic mass is 10.2. The zero-order valence-electron chi connectivity index (χ0n) is 16.7. The Kier molecular flexibility index (Phi) is 6.56. The number of anilines is 2. The van der Waals surface area contributed by atoms with Gasteiger partial charge in [0.1, 0.15) is 18.0 Å². The highest BCUT2D eigenvalue weighted by Crippen LogP contribution is 2.25. The van der Waals surface area contributed by atoms with Crippen LogP contribution in [0.25, 0.3) is 0 Å². The molecule has 0 atom stereocenters. The Bertz CT molecular complexity index is 1160. The van der Waals surface area contributed by atoms with Crippen molar-refractivity contribution in [1.82, 2.24) is 0 Å². The second-order valence-corrected chi connectivity index (χ2v) is 8.58. The number of nitrogens with zero attached hydrogens (tertiary/aromatic N) is 1. The number of amides is 2. The van der Waals surface area contributed by atoms with E-state index in [1.54, 1.807) is 36.4 Å². The summed E-state index contributed by atoms with van der Waals surface area (Å²) in [5.41, 5.74) is 6.22. The standard InChI is InChI=1S/C22H21N3O5S/c1-31(28,29)25(15-21(26)24-17-9-7-16(8-10-17)22(23)27)18-11-13-20(14-12-18)30-19-5-3-2-4-6-19/h2-14H,15H2,1H3,(H2,23,27)(H,24,26). The second-order valence-electron chi connectivity index (χ2n) is 6.67. The number of ether oxygens (including phenoxy) is 1. The molecule has 0 saturated heterocycles. The van der Waals surface area contributed by atoms with E-state index < -0.39 is 28.4 Å². The van der Waals surface area contributed by atoms with E-state index in [2.05, 4.69) is 5.32 Å². The van der Waals surface area contributed by atoms with E-state index >= 15 is 0 Å². The maximum Gasteiger partial charge on any atom is 0.248 e. The van der Waals surface area contributed by atoms with Gasteiger partial charge in [0.25, 0.3) is 0 Å². The first-order valence-corrected chi connectivity index (χ1v) is 11.1. The van der Waals surface area contributed by atoms with Crippen molar-refractivity contribution in [3.05, 3.63) is 84.4 Å². The molecule has 3 N–H and O–H groups in total. The average molecular weight is 439 g/mol. The fraction of sp³-hybridized carbons (Fsp3) is 0.0909. The first-order chi connectivity index (χ1) is 14.7. The monoisotopic (exact) mass is 439 g/mol. The number of primary amides is 1. The topological polar surface area (TPSA) is 119 Å². The summed E-state index contributed by atoms with van der Waals surface area (Å²) < 4.78 is 31.3. The highest BCUT2D eigenvalue weighted by molar-refractivity contribution is 7.92. The van der Waals surface area contributed by atoms with Gasteiger partial charge in [-0.2, -0.15) is 0 Å². The van der Waals surface area contributed by atoms with Gasteiger partial charge in [-0.3, -0.25) is 13.9 Å². The van der Waals surface area contributed by atoms with Crippen molar-refractivity contribution in [2.75, 3.05) is 22.4 Å². The summed E-state index contributed by atoms with van der Waals surface area (Å²) in [5.74, 6) is 0.0574. The van der Waals surface area contributed by atoms with E-state index in [0.29, 0.717) is 28.4 Å². The van der Waals surface area contributed by atoms with Gasteiger partial charge in [-0.15, -0.1) is 0 Å². The fourth-order valence-electron chi connectivity index (χ4n) is 2.75. The molecule has 0 saturated carbocycles. The van der Waals surface area contributed by atoms with Crippen molar-refractivity contribution in [3.63, 3.8) is 0 Å². The number of nitrogens with two attached hydrogens (primary N) is 1. The van der Waals surface area contributed by atoms with Gasteiger partial charge in [0.05, 0.1) is 11.9 Å². The van der Waals surface area contributed by atoms with Crippen molar-refractivity contribution in [2.24, 2.45) is 5.73 Å². The van der Waals surface area contributed by atoms with Crippen LogP contribution < -0.4 is 20.1 Å². The third-order valence-corrected chi connectivity index (χ3v) is 5.38. The Balaban J connectivity index is 1.71. The molecule has 0 fully saturated rings. The summed E-state index contributed by atoms with van der Waals surface area (Å²) in [5, 5.41) is 2.60. The fourth-order valence-corrected chi connectivity index (χ4v) is 3.61. The molecule has 160 valence electrons. The van der Waals surface area contributed by atoms with Crippen molar-refractivity contribution in [3.8, 4) is 11.5 Å². The van der Waals surface area contributed by atoms with Gasteiger partial charge in [0.15, 0.2) is 0 Å². The molecule has 0 spiro atoms. The summed E-state index contributed by atoms with van der Waals surface area (Å²) in [4.78, 5) is 23.6. The summed E-state index contributed by atoms with van der Waals surface area (Å²) in [6, 6.07) is 21.5. The molecule has 0 unspecified atom stereocenters. The SMILES string of the molecule is CS(=O)(=O)N(CC(=O)Nc1ccc(C(N)=O)cc1)c1ccc(Oc2ccccc2)cc1. The first-order valence-electron chi connectivity index (χ1n) is 9.23. The second kappa shape index (κ2) is 9.31. The molecule has 3 rings (SSSR count). The zero-order chi connectivity index (χ0) is 22.4. The van der Waals surface area contributed by atoms with E-state index in [4.69, 9.17) is 10.5 Å². The van der Waals surface area contributed by atoms with Crippen LogP contribution in [-0.2, 0) is 14.8 Å². The molecule has 0 bridgehead atoms. The number of rotatable bonds is 8. The number of hydrogen-bond donors (Lipinski definition) is 2. The molecule has 0 heterocycles. The molecule has 0 aliphatic heterocycles. The number of carbonyl (C=O) groups is 2. The number of nitrogens with one attached hydrogen (secondary N) is 1. The number of carbonyl (C=O) groups excluding carboxylic acids is 2. The minimum Gasteiger partial charge on any atom is -0.457 e. The molecule has 3 aromatic carbocycles. The summed E-state index contributed by atoms with van der Waals surface area (Å²) in [6.45, 7) is -0.421. The lowest BCUT2D eigenvalue weighted by molar-refractivity contribution is -0.114. The average Bonchev–Trinajstić information content (AvgIpc) is 2.73. The Morgan fingerprint density at radius 3 is 2.03 bits per heavy atom. The molecule has 31 heavy (non-hydrogen) atoms. The first kappa shape index (κ1) is 21.8. The van der Waals surface area contributed by atoms with E-state index in [1.165, 1.54) is 24.3 Å². The van der Waals surface area contributed by atoms with Crippen LogP contribution in [0.15, 0.2) is 78.9 Å². The lowest BCUT2D eigenvalue weighted by Gasteiger charge is -2.22. The van der Waals surface area contributed by atoms with Crippen LogP contribution in [0.4, 0.5) is 11.4 Å². The maximum absolute atomic E-state index is 12.4. The van der Waals surface area contributed by atoms with Crippen molar-refractivity contribution < 1.29 is 22.7 Å². The largest absolute Gasteiger partial charge is 0.457 e. The highest BCUT2D eigenvalue weighted by Gasteiger charge is 2.21. The Labute approximate surface area is 180 Å². The molecule has 0 radical (unpaired) electrons. The minimum atomic E-state index is -3.72. The lowest BCUT2D eigenvalue weighted by Crippen LogP contribution is -2.37. The van der Waals surface area contributed by atoms with Gasteiger partial charge in [0, 0.05) is 11.3 Å². The van der Waals surface area contributed by atoms with Gasteiger partial charge in [-0.1, -0.05) is 18.2 Å². The smallest absolute Gasteiger partial charge is 0.248 e. The van der Waals surface area contributed by atoms with E-state index in [0.717, 1.165) is 10.6 Å². The number of sulfonamides is 1. The number of hydrogen-bond acceptors (Lipinski definition) is 5. The molecule has 0 aromatic heterocycles. The predicted octanol–water partition coefficient (Wildman–Crippen LogP) is 2.98. The molecular weight excluding hydrogens is 418 g/mol. The van der Waals surface area contributed by atoms with Crippen LogP contribution >= 0.6 is 0 Å². The summed E-state index contributed by atoms with van der Waals surface area (Å²) in [6.07, 6.45) is 1.02. The Hall–Kier alpha value is -3.85. The molecule has 0 aliphatic rings. The van der Waals surface area contributed by atoms with Crippen molar-refractivity contribution >= 4 is 33.2 Å². The maximum atomic E-state index is 12.4. The van der Waals surface area contributed by atoms with E-state index in [1.807, 2.05) is 18.2 Å². The highest BCUT2D eigenvalue weighted by atomic mass is 32.2. The van der Waals surface area contributed by atoms with Crippen molar-refractivity contribution in [2.45, 2.75) is 0 Å². The van der Waals surface area contributed by atoms with Crippen LogP contribution in [-0.4, -0.2) is 33.0 Å². The predicted molar refractivity (Wildman–Crippen MR) is 119 cm³/mol. The third kappa shape index (κ3) is 6.06. The zero-order valence-corrected chi connectivity index (χ0v) is 17.5. The van der Waals surface area contributed by atoms with Gasteiger partial charge in [0.2, 0.25) is 21.8 Å². The van der Waals surface area contributed by atoms with Gasteiger partial charge < -0.3 is 15.8 Å². The number of para-hydroxylation sites is 1. The molecule has 3 aromatic rings. The Morgan fingerprint density at radius 2 is 1.48 bits per heavy atom. The number of benzene rings is 3. The van der Waals surface area contributed by atoms with E-state index in [9.17, 15) is 18.0 Å². The third-order valence-electron chi connectivity index (χ3n) is 4.24. The Morgan fingerprint density at radius 1 is 0.903 bits per heavy atom. The normalized spacial score (nSPS) is 10.9. The van der Waals surface area contributed by atoms with Crippen LogP contribution in [0.3, 0.4) is 0 Å². The molecule has 8 nitrogen and oxygen atoms in total. The van der Waals surface area contributed by atoms with Crippen LogP contribution in [0.5, 0.6) is 11.5 Å².